The molecule has 2 atom stereocenters. The molecule has 3 rings (SSSR count). The van der Waals surface area contributed by atoms with Gasteiger partial charge < -0.3 is 18.9 Å². The lowest BCUT2D eigenvalue weighted by molar-refractivity contribution is -0.146. The number of hydrogen-bond acceptors (Lipinski definition) is 6. The fourth-order valence-corrected chi connectivity index (χ4v) is 2.93. The van der Waals surface area contributed by atoms with Crippen LogP contribution in [0.3, 0.4) is 0 Å². The second-order valence-electron chi connectivity index (χ2n) is 5.82. The Balaban J connectivity index is 1.80. The average molecular weight is 331 g/mol. The first-order valence-electron chi connectivity index (χ1n) is 7.92. The fraction of sp³-hybridized carbons (Fsp3) is 0.471. The molecule has 1 aliphatic heterocycles. The molecule has 0 spiro atoms. The van der Waals surface area contributed by atoms with Crippen molar-refractivity contribution in [3.8, 4) is 5.75 Å². The third kappa shape index (κ3) is 3.41. The van der Waals surface area contributed by atoms with Crippen LogP contribution >= 0.6 is 0 Å². The minimum Gasteiger partial charge on any atom is -0.497 e. The Labute approximate surface area is 140 Å². The molecular formula is C17H21N3O4. The molecule has 1 aromatic carbocycles. The summed E-state index contributed by atoms with van der Waals surface area (Å²) in [5.41, 5.74) is 0.902. The number of methoxy groups -OCH3 is 1. The van der Waals surface area contributed by atoms with Gasteiger partial charge in [-0.15, -0.1) is 0 Å². The molecule has 0 aliphatic carbocycles. The maximum Gasteiger partial charge on any atom is 0.252 e. The maximum atomic E-state index is 12.8. The molecule has 2 heterocycles. The summed E-state index contributed by atoms with van der Waals surface area (Å²) in [4.78, 5) is 18.9. The molecule has 1 aromatic heterocycles. The van der Waals surface area contributed by atoms with Gasteiger partial charge in [0.15, 0.2) is 5.82 Å². The molecule has 128 valence electrons. The van der Waals surface area contributed by atoms with Crippen LogP contribution in [-0.4, -0.2) is 47.3 Å². The molecule has 24 heavy (non-hydrogen) atoms. The number of ether oxygens (including phenoxy) is 2. The Kier molecular flexibility index (Phi) is 4.80. The van der Waals surface area contributed by atoms with Crippen LogP contribution in [0.5, 0.6) is 5.75 Å². The van der Waals surface area contributed by atoms with Gasteiger partial charge in [0, 0.05) is 6.54 Å². The predicted molar refractivity (Wildman–Crippen MR) is 85.6 cm³/mol. The predicted octanol–water partition coefficient (Wildman–Crippen LogP) is 1.92. The molecule has 0 N–H and O–H groups in total. The summed E-state index contributed by atoms with van der Waals surface area (Å²) in [5, 5.41) is 3.83. The molecule has 7 heteroatoms. The van der Waals surface area contributed by atoms with Crippen molar-refractivity contribution in [3.05, 3.63) is 41.5 Å². The topological polar surface area (TPSA) is 77.7 Å². The summed E-state index contributed by atoms with van der Waals surface area (Å²) in [6.07, 6.45) is 0.0842. The van der Waals surface area contributed by atoms with Gasteiger partial charge in [0.2, 0.25) is 5.91 Å². The van der Waals surface area contributed by atoms with Crippen molar-refractivity contribution >= 4 is 5.91 Å². The van der Waals surface area contributed by atoms with E-state index in [1.54, 1.807) is 18.9 Å². The number of aromatic nitrogens is 2. The maximum absolute atomic E-state index is 12.8. The summed E-state index contributed by atoms with van der Waals surface area (Å²) in [6, 6.07) is 7.15. The Bertz CT molecular complexity index is 715. The number of hydrogen-bond donors (Lipinski definition) is 0. The van der Waals surface area contributed by atoms with Crippen molar-refractivity contribution in [2.45, 2.75) is 32.4 Å². The van der Waals surface area contributed by atoms with Gasteiger partial charge in [-0.2, -0.15) is 4.98 Å². The Morgan fingerprint density at radius 2 is 2.29 bits per heavy atom. The Morgan fingerprint density at radius 1 is 1.46 bits per heavy atom. The van der Waals surface area contributed by atoms with Gasteiger partial charge in [0.1, 0.15) is 11.8 Å². The van der Waals surface area contributed by atoms with Crippen LogP contribution in [0, 0.1) is 6.92 Å². The van der Waals surface area contributed by atoms with E-state index in [0.29, 0.717) is 24.9 Å². The van der Waals surface area contributed by atoms with Crippen LogP contribution in [0.25, 0.3) is 0 Å². The average Bonchev–Trinajstić information content (AvgIpc) is 3.00. The number of carbonyl (C=O) groups excluding carboxylic acids is 1. The first-order valence-corrected chi connectivity index (χ1v) is 7.92. The minimum absolute atomic E-state index is 0.000689. The van der Waals surface area contributed by atoms with Crippen LogP contribution in [0.15, 0.2) is 28.8 Å². The van der Waals surface area contributed by atoms with Gasteiger partial charge in [-0.1, -0.05) is 17.3 Å². The number of aryl methyl sites for hydroxylation is 1. The van der Waals surface area contributed by atoms with Crippen LogP contribution in [0.2, 0.25) is 0 Å². The largest absolute Gasteiger partial charge is 0.497 e. The van der Waals surface area contributed by atoms with Gasteiger partial charge in [0.05, 0.1) is 26.2 Å². The zero-order valence-electron chi connectivity index (χ0n) is 14.1. The molecule has 0 saturated carbocycles. The normalized spacial score (nSPS) is 20.9. The number of amides is 1. The highest BCUT2D eigenvalue weighted by Crippen LogP contribution is 2.29. The molecule has 0 radical (unpaired) electrons. The second kappa shape index (κ2) is 7.00. The van der Waals surface area contributed by atoms with Crippen LogP contribution in [0.4, 0.5) is 0 Å². The molecule has 1 amide bonds. The van der Waals surface area contributed by atoms with Crippen LogP contribution < -0.4 is 4.74 Å². The Morgan fingerprint density at radius 3 is 3.00 bits per heavy atom. The number of benzene rings is 1. The lowest BCUT2D eigenvalue weighted by atomic mass is 10.1. The van der Waals surface area contributed by atoms with Crippen molar-refractivity contribution in [2.24, 2.45) is 0 Å². The molecule has 2 aromatic rings. The second-order valence-corrected chi connectivity index (χ2v) is 5.82. The summed E-state index contributed by atoms with van der Waals surface area (Å²) in [7, 11) is 1.61. The zero-order chi connectivity index (χ0) is 17.1. The van der Waals surface area contributed by atoms with Gasteiger partial charge in [-0.05, 0) is 31.5 Å². The lowest BCUT2D eigenvalue weighted by Gasteiger charge is -2.37. The molecular weight excluding hydrogens is 310 g/mol. The monoisotopic (exact) mass is 331 g/mol. The fourth-order valence-electron chi connectivity index (χ4n) is 2.93. The first kappa shape index (κ1) is 16.4. The third-order valence-electron chi connectivity index (χ3n) is 4.10. The van der Waals surface area contributed by atoms with E-state index < -0.39 is 0 Å². The van der Waals surface area contributed by atoms with Gasteiger partial charge in [-0.25, -0.2) is 0 Å². The molecule has 0 unspecified atom stereocenters. The highest BCUT2D eigenvalue weighted by Gasteiger charge is 2.37. The van der Waals surface area contributed by atoms with E-state index in [4.69, 9.17) is 14.0 Å². The van der Waals surface area contributed by atoms with Crippen molar-refractivity contribution < 1.29 is 18.8 Å². The summed E-state index contributed by atoms with van der Waals surface area (Å²) in [6.45, 7) is 4.66. The number of nitrogens with zero attached hydrogens (tertiary/aromatic N) is 3. The molecule has 0 bridgehead atoms. The number of carbonyl (C=O) groups is 1. The zero-order valence-corrected chi connectivity index (χ0v) is 14.1. The quantitative estimate of drug-likeness (QED) is 0.852. The van der Waals surface area contributed by atoms with Crippen molar-refractivity contribution in [3.63, 3.8) is 0 Å². The van der Waals surface area contributed by atoms with Gasteiger partial charge >= 0.3 is 0 Å². The SMILES string of the molecule is COc1cccc(CC(=O)N2CCO[C@H](C)[C@H]2c2nc(C)no2)c1. The van der Waals surface area contributed by atoms with E-state index in [1.165, 1.54) is 0 Å². The van der Waals surface area contributed by atoms with Crippen LogP contribution in [-0.2, 0) is 16.0 Å². The summed E-state index contributed by atoms with van der Waals surface area (Å²) < 4.78 is 16.2. The Hall–Kier alpha value is -2.41. The van der Waals surface area contributed by atoms with Gasteiger partial charge in [-0.3, -0.25) is 4.79 Å². The van der Waals surface area contributed by atoms with E-state index in [-0.39, 0.29) is 24.5 Å². The standard InChI is InChI=1S/C17H21N3O4/c1-11-16(17-18-12(2)19-24-17)20(7-8-23-11)15(21)10-13-5-4-6-14(9-13)22-3/h4-6,9,11,16H,7-8,10H2,1-3H3/t11-,16+/m1/s1. The number of morpholine rings is 1. The van der Waals surface area contributed by atoms with Crippen molar-refractivity contribution in [1.29, 1.82) is 0 Å². The van der Waals surface area contributed by atoms with Crippen molar-refractivity contribution in [1.82, 2.24) is 15.0 Å². The molecule has 1 aliphatic rings. The van der Waals surface area contributed by atoms with Gasteiger partial charge in [0.25, 0.3) is 5.89 Å². The van der Waals surface area contributed by atoms with E-state index in [2.05, 4.69) is 10.1 Å². The van der Waals surface area contributed by atoms with E-state index in [9.17, 15) is 4.79 Å². The molecule has 1 fully saturated rings. The third-order valence-corrected chi connectivity index (χ3v) is 4.10. The molecule has 1 saturated heterocycles. The van der Waals surface area contributed by atoms with E-state index >= 15 is 0 Å². The minimum atomic E-state index is -0.363. The highest BCUT2D eigenvalue weighted by molar-refractivity contribution is 5.79. The van der Waals surface area contributed by atoms with E-state index in [1.807, 2.05) is 31.2 Å². The summed E-state index contributed by atoms with van der Waals surface area (Å²) in [5.74, 6) is 1.70. The summed E-state index contributed by atoms with van der Waals surface area (Å²) >= 11 is 0. The smallest absolute Gasteiger partial charge is 0.252 e. The highest BCUT2D eigenvalue weighted by atomic mass is 16.5. The number of rotatable bonds is 4. The lowest BCUT2D eigenvalue weighted by Crippen LogP contribution is -2.47. The molecule has 7 nitrogen and oxygen atoms in total. The first-order chi connectivity index (χ1) is 11.6. The van der Waals surface area contributed by atoms with Crippen molar-refractivity contribution in [2.75, 3.05) is 20.3 Å². The van der Waals surface area contributed by atoms with Crippen LogP contribution in [0.1, 0.15) is 30.2 Å². The van der Waals surface area contributed by atoms with E-state index in [0.717, 1.165) is 11.3 Å².